The first kappa shape index (κ1) is 25.1. The predicted octanol–water partition coefficient (Wildman–Crippen LogP) is 2.04. The van der Waals surface area contributed by atoms with Gasteiger partial charge < -0.3 is 15.4 Å². The van der Waals surface area contributed by atoms with Crippen LogP contribution >= 0.6 is 0 Å². The topological polar surface area (TPSA) is 144 Å². The van der Waals surface area contributed by atoms with Gasteiger partial charge >= 0.3 is 5.97 Å². The maximum atomic E-state index is 13.1. The predicted molar refractivity (Wildman–Crippen MR) is 125 cm³/mol. The summed E-state index contributed by atoms with van der Waals surface area (Å²) in [6.07, 6.45) is 4.17. The highest BCUT2D eigenvalue weighted by atomic mass is 32.2. The highest BCUT2D eigenvalue weighted by molar-refractivity contribution is 7.90. The Morgan fingerprint density at radius 1 is 1.30 bits per heavy atom. The van der Waals surface area contributed by atoms with Gasteiger partial charge in [-0.15, -0.1) is 4.83 Å². The number of imidazole rings is 1. The molecule has 4 N–H and O–H groups in total. The van der Waals surface area contributed by atoms with Crippen LogP contribution < -0.4 is 10.1 Å². The molecule has 1 aromatic carbocycles. The number of fused-ring (bicyclic) bond motifs is 1. The number of carboxylic acid groups (broad SMARTS) is 1. The molecule has 1 aliphatic rings. The number of amides is 1. The molecule has 1 atom stereocenters. The number of rotatable bonds is 11. The number of aromatic nitrogens is 2. The van der Waals surface area contributed by atoms with E-state index in [2.05, 4.69) is 20.1 Å². The summed E-state index contributed by atoms with van der Waals surface area (Å²) >= 11 is 0. The number of hydrogen-bond donors (Lipinski definition) is 4. The third-order valence-electron chi connectivity index (χ3n) is 6.16. The number of aryl methyl sites for hydroxylation is 1. The molecule has 1 saturated heterocycles. The molecule has 0 aliphatic carbocycles. The molecule has 3 rings (SSSR count). The monoisotopic (exact) mass is 479 g/mol. The van der Waals surface area contributed by atoms with Gasteiger partial charge in [0.05, 0.1) is 22.7 Å². The number of nitrogens with zero attached hydrogens (tertiary/aromatic N) is 2. The lowest BCUT2D eigenvalue weighted by Gasteiger charge is -2.24. The SMILES string of the molecule is CC[C@H](C)S(=O)(=O)NN(CCC(=O)O)C(=O)c1ccc2nc(CCC3CCNCC3)[nH]c2c1. The van der Waals surface area contributed by atoms with E-state index in [-0.39, 0.29) is 18.5 Å². The summed E-state index contributed by atoms with van der Waals surface area (Å²) in [4.78, 5) is 34.3. The van der Waals surface area contributed by atoms with Crippen LogP contribution in [-0.4, -0.2) is 65.3 Å². The van der Waals surface area contributed by atoms with Gasteiger partial charge in [0.2, 0.25) is 10.0 Å². The molecule has 0 saturated carbocycles. The molecule has 1 fully saturated rings. The van der Waals surface area contributed by atoms with E-state index in [1.807, 2.05) is 0 Å². The molecular weight excluding hydrogens is 446 g/mol. The van der Waals surface area contributed by atoms with Crippen LogP contribution in [0.25, 0.3) is 11.0 Å². The minimum Gasteiger partial charge on any atom is -0.481 e. The largest absolute Gasteiger partial charge is 0.481 e. The van der Waals surface area contributed by atoms with Crippen LogP contribution in [-0.2, 0) is 21.2 Å². The number of H-pyrrole nitrogens is 1. The van der Waals surface area contributed by atoms with Crippen molar-refractivity contribution in [1.29, 1.82) is 0 Å². The van der Waals surface area contributed by atoms with Gasteiger partial charge in [-0.2, -0.15) is 0 Å². The Morgan fingerprint density at radius 2 is 2.03 bits per heavy atom. The molecule has 1 aliphatic heterocycles. The van der Waals surface area contributed by atoms with Gasteiger partial charge in [0.25, 0.3) is 5.91 Å². The summed E-state index contributed by atoms with van der Waals surface area (Å²) in [7, 11) is -3.83. The zero-order valence-corrected chi connectivity index (χ0v) is 20.0. The molecule has 2 heterocycles. The maximum Gasteiger partial charge on any atom is 0.305 e. The molecule has 182 valence electrons. The average Bonchev–Trinajstić information content (AvgIpc) is 3.22. The van der Waals surface area contributed by atoms with Crippen molar-refractivity contribution >= 4 is 32.9 Å². The van der Waals surface area contributed by atoms with Crippen LogP contribution in [0, 0.1) is 5.92 Å². The zero-order chi connectivity index (χ0) is 24.0. The number of nitrogens with one attached hydrogen (secondary N) is 3. The summed E-state index contributed by atoms with van der Waals surface area (Å²) < 4.78 is 25.0. The molecule has 0 unspecified atom stereocenters. The highest BCUT2D eigenvalue weighted by Gasteiger charge is 2.26. The number of aliphatic carboxylic acids is 1. The second-order valence-corrected chi connectivity index (χ2v) is 10.7. The number of aromatic amines is 1. The van der Waals surface area contributed by atoms with E-state index in [9.17, 15) is 18.0 Å². The van der Waals surface area contributed by atoms with Crippen LogP contribution in [0.4, 0.5) is 0 Å². The molecule has 2 aromatic rings. The minimum atomic E-state index is -3.83. The first-order valence-electron chi connectivity index (χ1n) is 11.4. The van der Waals surface area contributed by atoms with Gasteiger partial charge in [-0.05, 0) is 69.8 Å². The van der Waals surface area contributed by atoms with E-state index in [0.29, 0.717) is 17.9 Å². The highest BCUT2D eigenvalue weighted by Crippen LogP contribution is 2.20. The van der Waals surface area contributed by atoms with E-state index < -0.39 is 27.1 Å². The lowest BCUT2D eigenvalue weighted by molar-refractivity contribution is -0.137. The van der Waals surface area contributed by atoms with Gasteiger partial charge in [0.1, 0.15) is 5.82 Å². The third-order valence-corrected chi connectivity index (χ3v) is 8.03. The molecule has 33 heavy (non-hydrogen) atoms. The quantitative estimate of drug-likeness (QED) is 0.361. The van der Waals surface area contributed by atoms with Gasteiger partial charge in [-0.1, -0.05) is 6.92 Å². The third kappa shape index (κ3) is 6.75. The number of benzene rings is 1. The Labute approximate surface area is 194 Å². The number of carbonyl (C=O) groups excluding carboxylic acids is 1. The Morgan fingerprint density at radius 3 is 2.70 bits per heavy atom. The second kappa shape index (κ2) is 11.1. The lowest BCUT2D eigenvalue weighted by atomic mass is 9.93. The smallest absolute Gasteiger partial charge is 0.305 e. The number of carbonyl (C=O) groups is 2. The fourth-order valence-electron chi connectivity index (χ4n) is 3.84. The van der Waals surface area contributed by atoms with E-state index in [1.54, 1.807) is 25.1 Å². The second-order valence-electron chi connectivity index (χ2n) is 8.60. The summed E-state index contributed by atoms with van der Waals surface area (Å²) in [5.74, 6) is -0.208. The fourth-order valence-corrected chi connectivity index (χ4v) is 4.94. The Bertz CT molecular complexity index is 1080. The van der Waals surface area contributed by atoms with E-state index in [0.717, 1.165) is 55.1 Å². The molecule has 0 bridgehead atoms. The van der Waals surface area contributed by atoms with E-state index in [1.165, 1.54) is 6.92 Å². The van der Waals surface area contributed by atoms with Crippen molar-refractivity contribution in [2.24, 2.45) is 5.92 Å². The van der Waals surface area contributed by atoms with Gasteiger partial charge in [-0.3, -0.25) is 14.6 Å². The number of sulfonamides is 1. The Hall–Kier alpha value is -2.50. The van der Waals surface area contributed by atoms with Crippen molar-refractivity contribution in [1.82, 2.24) is 25.1 Å². The van der Waals surface area contributed by atoms with Crippen molar-refractivity contribution in [3.05, 3.63) is 29.6 Å². The van der Waals surface area contributed by atoms with Crippen LogP contribution in [0.15, 0.2) is 18.2 Å². The zero-order valence-electron chi connectivity index (χ0n) is 19.1. The summed E-state index contributed by atoms with van der Waals surface area (Å²) in [6, 6.07) is 4.92. The Balaban J connectivity index is 1.76. The van der Waals surface area contributed by atoms with Crippen LogP contribution in [0.3, 0.4) is 0 Å². The number of piperidine rings is 1. The summed E-state index contributed by atoms with van der Waals surface area (Å²) in [5.41, 5.74) is 1.65. The maximum absolute atomic E-state index is 13.1. The molecule has 11 heteroatoms. The van der Waals surface area contributed by atoms with Crippen molar-refractivity contribution in [2.75, 3.05) is 19.6 Å². The van der Waals surface area contributed by atoms with Crippen molar-refractivity contribution in [2.45, 2.75) is 57.6 Å². The van der Waals surface area contributed by atoms with Gasteiger partial charge in [-0.25, -0.2) is 13.4 Å². The number of hydrogen-bond acceptors (Lipinski definition) is 6. The molecular formula is C22H33N5O5S. The number of hydrazine groups is 1. The first-order valence-corrected chi connectivity index (χ1v) is 13.0. The van der Waals surface area contributed by atoms with Crippen LogP contribution in [0.5, 0.6) is 0 Å². The Kier molecular flexibility index (Phi) is 8.44. The van der Waals surface area contributed by atoms with E-state index >= 15 is 0 Å². The average molecular weight is 480 g/mol. The van der Waals surface area contributed by atoms with Crippen LogP contribution in [0.1, 0.15) is 62.1 Å². The van der Waals surface area contributed by atoms with Crippen LogP contribution in [0.2, 0.25) is 0 Å². The molecule has 1 amide bonds. The van der Waals surface area contributed by atoms with Gasteiger partial charge in [0.15, 0.2) is 0 Å². The lowest BCUT2D eigenvalue weighted by Crippen LogP contribution is -2.49. The van der Waals surface area contributed by atoms with Crippen molar-refractivity contribution < 1.29 is 23.1 Å². The molecule has 0 radical (unpaired) electrons. The fraction of sp³-hybridized carbons (Fsp3) is 0.591. The van der Waals surface area contributed by atoms with Crippen molar-refractivity contribution in [3.63, 3.8) is 0 Å². The molecule has 0 spiro atoms. The summed E-state index contributed by atoms with van der Waals surface area (Å²) in [5, 5.41) is 12.5. The van der Waals surface area contributed by atoms with Crippen molar-refractivity contribution in [3.8, 4) is 0 Å². The molecule has 1 aromatic heterocycles. The van der Waals surface area contributed by atoms with E-state index in [4.69, 9.17) is 5.11 Å². The minimum absolute atomic E-state index is 0.244. The summed E-state index contributed by atoms with van der Waals surface area (Å²) in [6.45, 7) is 5.07. The van der Waals surface area contributed by atoms with Gasteiger partial charge in [0, 0.05) is 18.5 Å². The number of carboxylic acids is 1. The normalized spacial score (nSPS) is 16.1. The standard InChI is InChI=1S/C22H33N5O5S/c1-3-15(2)33(31,32)26-27(13-10-21(28)29)22(30)17-5-6-18-19(14-17)25-20(24-18)7-4-16-8-11-23-12-9-16/h5-6,14-16,23,26H,3-4,7-13H2,1-2H3,(H,24,25)(H,28,29)/t15-/m0/s1. The molecule has 10 nitrogen and oxygen atoms in total. The first-order chi connectivity index (χ1) is 15.7.